The summed E-state index contributed by atoms with van der Waals surface area (Å²) in [6, 6.07) is 17.3. The van der Waals surface area contributed by atoms with Crippen molar-refractivity contribution in [3.8, 4) is 0 Å². The fourth-order valence-electron chi connectivity index (χ4n) is 3.55. The zero-order chi connectivity index (χ0) is 17.3. The van der Waals surface area contributed by atoms with Crippen LogP contribution in [0.1, 0.15) is 35.2 Å². The molecule has 1 fully saturated rings. The lowest BCUT2D eigenvalue weighted by molar-refractivity contribution is -0.153. The lowest BCUT2D eigenvalue weighted by Gasteiger charge is -2.39. The first-order chi connectivity index (χ1) is 12.2. The molecule has 0 bridgehead atoms. The highest BCUT2D eigenvalue weighted by Gasteiger charge is 2.47. The normalized spacial score (nSPS) is 15.5. The molecule has 3 aromatic rings. The van der Waals surface area contributed by atoms with E-state index in [4.69, 9.17) is 4.74 Å². The van der Waals surface area contributed by atoms with Crippen molar-refractivity contribution in [2.75, 3.05) is 6.61 Å². The summed E-state index contributed by atoms with van der Waals surface area (Å²) < 4.78 is 5.44. The zero-order valence-corrected chi connectivity index (χ0v) is 13.8. The Morgan fingerprint density at radius 2 is 1.72 bits per heavy atom. The number of nitrogens with one attached hydrogen (secondary N) is 1. The van der Waals surface area contributed by atoms with Crippen LogP contribution in [0.2, 0.25) is 0 Å². The minimum Gasteiger partial charge on any atom is -0.457 e. The number of ketones is 1. The van der Waals surface area contributed by atoms with Gasteiger partial charge in [0.15, 0.2) is 6.61 Å². The number of H-pyrrole nitrogens is 1. The molecule has 2 aromatic carbocycles. The van der Waals surface area contributed by atoms with Gasteiger partial charge in [-0.05, 0) is 24.5 Å². The molecule has 0 aliphatic heterocycles. The van der Waals surface area contributed by atoms with E-state index >= 15 is 0 Å². The summed E-state index contributed by atoms with van der Waals surface area (Å²) >= 11 is 0. The number of carbonyl (C=O) groups excluding carboxylic acids is 2. The maximum absolute atomic E-state index is 12.7. The van der Waals surface area contributed by atoms with Crippen molar-refractivity contribution < 1.29 is 14.3 Å². The Balaban J connectivity index is 1.49. The molecule has 1 saturated carbocycles. The molecule has 0 unspecified atom stereocenters. The molecule has 0 atom stereocenters. The Labute approximate surface area is 145 Å². The van der Waals surface area contributed by atoms with Gasteiger partial charge in [-0.3, -0.25) is 9.59 Å². The minimum atomic E-state index is -0.582. The quantitative estimate of drug-likeness (QED) is 0.567. The first-order valence-electron chi connectivity index (χ1n) is 8.53. The maximum Gasteiger partial charge on any atom is 0.317 e. The topological polar surface area (TPSA) is 59.2 Å². The molecule has 126 valence electrons. The van der Waals surface area contributed by atoms with Crippen molar-refractivity contribution in [1.82, 2.24) is 4.98 Å². The van der Waals surface area contributed by atoms with Crippen molar-refractivity contribution in [1.29, 1.82) is 0 Å². The molecule has 1 aliphatic carbocycles. The zero-order valence-electron chi connectivity index (χ0n) is 13.8. The Morgan fingerprint density at radius 1 is 1.00 bits per heavy atom. The van der Waals surface area contributed by atoms with Crippen LogP contribution in [0.4, 0.5) is 0 Å². The second-order valence-electron chi connectivity index (χ2n) is 6.55. The van der Waals surface area contributed by atoms with E-state index in [1.54, 1.807) is 6.20 Å². The fraction of sp³-hybridized carbons (Fsp3) is 0.238. The van der Waals surface area contributed by atoms with Gasteiger partial charge in [0.25, 0.3) is 0 Å². The van der Waals surface area contributed by atoms with Crippen molar-refractivity contribution in [3.63, 3.8) is 0 Å². The van der Waals surface area contributed by atoms with Gasteiger partial charge in [0, 0.05) is 22.7 Å². The highest BCUT2D eigenvalue weighted by Crippen LogP contribution is 2.44. The number of aromatic nitrogens is 1. The molecule has 1 aromatic heterocycles. The molecule has 0 saturated heterocycles. The predicted molar refractivity (Wildman–Crippen MR) is 95.6 cm³/mol. The summed E-state index contributed by atoms with van der Waals surface area (Å²) in [6.07, 6.45) is 4.23. The third-order valence-electron chi connectivity index (χ3n) is 5.15. The SMILES string of the molecule is O=C(COC(=O)C1(c2ccccc2)CCC1)c1c[nH]c2ccccc12. The molecule has 4 heteroatoms. The number of fused-ring (bicyclic) bond motifs is 1. The van der Waals surface area contributed by atoms with Crippen LogP contribution in [0.3, 0.4) is 0 Å². The number of Topliss-reactive ketones (excluding diaryl/α,β-unsaturated/α-hetero) is 1. The van der Waals surface area contributed by atoms with Gasteiger partial charge in [0.2, 0.25) is 5.78 Å². The van der Waals surface area contributed by atoms with Crippen LogP contribution in [-0.4, -0.2) is 23.3 Å². The molecular weight excluding hydrogens is 314 g/mol. The molecule has 1 N–H and O–H groups in total. The van der Waals surface area contributed by atoms with Crippen molar-refractivity contribution in [2.24, 2.45) is 0 Å². The Bertz CT molecular complexity index is 922. The van der Waals surface area contributed by atoms with E-state index in [2.05, 4.69) is 4.98 Å². The molecule has 1 heterocycles. The number of rotatable bonds is 5. The van der Waals surface area contributed by atoms with Crippen molar-refractivity contribution in [2.45, 2.75) is 24.7 Å². The van der Waals surface area contributed by atoms with Gasteiger partial charge >= 0.3 is 5.97 Å². The number of hydrogen-bond acceptors (Lipinski definition) is 3. The van der Waals surface area contributed by atoms with Crippen LogP contribution in [0.15, 0.2) is 60.8 Å². The van der Waals surface area contributed by atoms with Crippen LogP contribution in [-0.2, 0) is 14.9 Å². The van der Waals surface area contributed by atoms with E-state index in [-0.39, 0.29) is 18.4 Å². The van der Waals surface area contributed by atoms with Gasteiger partial charge < -0.3 is 9.72 Å². The van der Waals surface area contributed by atoms with Crippen LogP contribution in [0.25, 0.3) is 10.9 Å². The van der Waals surface area contributed by atoms with Crippen LogP contribution in [0, 0.1) is 0 Å². The van der Waals surface area contributed by atoms with E-state index in [0.29, 0.717) is 5.56 Å². The van der Waals surface area contributed by atoms with Gasteiger partial charge in [0.05, 0.1) is 5.41 Å². The summed E-state index contributed by atoms with van der Waals surface area (Å²) in [5.41, 5.74) is 1.86. The summed E-state index contributed by atoms with van der Waals surface area (Å²) in [5, 5.41) is 0.852. The van der Waals surface area contributed by atoms with Crippen LogP contribution < -0.4 is 0 Å². The molecular formula is C21H19NO3. The molecule has 4 rings (SSSR count). The summed E-state index contributed by atoms with van der Waals surface area (Å²) in [6.45, 7) is -0.227. The van der Waals surface area contributed by atoms with Gasteiger partial charge in [-0.15, -0.1) is 0 Å². The standard InChI is InChI=1S/C21H19NO3/c23-19(17-13-22-18-10-5-4-9-16(17)18)14-25-20(24)21(11-6-12-21)15-7-2-1-3-8-15/h1-5,7-10,13,22H,6,11-12,14H2. The van der Waals surface area contributed by atoms with Crippen molar-refractivity contribution in [3.05, 3.63) is 71.9 Å². The van der Waals surface area contributed by atoms with E-state index < -0.39 is 5.41 Å². The lowest BCUT2D eigenvalue weighted by Crippen LogP contribution is -2.44. The van der Waals surface area contributed by atoms with Gasteiger partial charge in [0.1, 0.15) is 0 Å². The highest BCUT2D eigenvalue weighted by atomic mass is 16.5. The maximum atomic E-state index is 12.7. The van der Waals surface area contributed by atoms with Gasteiger partial charge in [-0.2, -0.15) is 0 Å². The predicted octanol–water partition coefficient (Wildman–Crippen LogP) is 4.02. The van der Waals surface area contributed by atoms with E-state index in [1.807, 2.05) is 54.6 Å². The highest BCUT2D eigenvalue weighted by molar-refractivity contribution is 6.09. The lowest BCUT2D eigenvalue weighted by atomic mass is 9.64. The summed E-state index contributed by atoms with van der Waals surface area (Å²) in [4.78, 5) is 28.3. The van der Waals surface area contributed by atoms with Crippen LogP contribution >= 0.6 is 0 Å². The van der Waals surface area contributed by atoms with E-state index in [9.17, 15) is 9.59 Å². The monoisotopic (exact) mass is 333 g/mol. The third-order valence-corrected chi connectivity index (χ3v) is 5.15. The number of aromatic amines is 1. The molecule has 4 nitrogen and oxygen atoms in total. The number of carbonyl (C=O) groups is 2. The van der Waals surface area contributed by atoms with Gasteiger partial charge in [-0.25, -0.2) is 0 Å². The summed E-state index contributed by atoms with van der Waals surface area (Å²) in [5.74, 6) is -0.480. The molecule has 0 radical (unpaired) electrons. The Morgan fingerprint density at radius 3 is 2.44 bits per heavy atom. The number of ether oxygens (including phenoxy) is 1. The first-order valence-corrected chi connectivity index (χ1v) is 8.53. The second-order valence-corrected chi connectivity index (χ2v) is 6.55. The van der Waals surface area contributed by atoms with Crippen LogP contribution in [0.5, 0.6) is 0 Å². The Kier molecular flexibility index (Phi) is 3.88. The van der Waals surface area contributed by atoms with Crippen molar-refractivity contribution >= 4 is 22.7 Å². The Hall–Kier alpha value is -2.88. The minimum absolute atomic E-state index is 0.187. The van der Waals surface area contributed by atoms with E-state index in [1.165, 1.54) is 0 Å². The molecule has 25 heavy (non-hydrogen) atoms. The average molecular weight is 333 g/mol. The third kappa shape index (κ3) is 2.64. The number of esters is 1. The number of benzene rings is 2. The first kappa shape index (κ1) is 15.6. The fourth-order valence-corrected chi connectivity index (χ4v) is 3.55. The molecule has 1 aliphatic rings. The smallest absolute Gasteiger partial charge is 0.317 e. The molecule has 0 spiro atoms. The average Bonchev–Trinajstić information content (AvgIpc) is 3.04. The second kappa shape index (κ2) is 6.20. The molecule has 0 amide bonds. The van der Waals surface area contributed by atoms with E-state index in [0.717, 1.165) is 35.7 Å². The largest absolute Gasteiger partial charge is 0.457 e. The summed E-state index contributed by atoms with van der Waals surface area (Å²) in [7, 11) is 0. The number of para-hydroxylation sites is 1. The number of hydrogen-bond donors (Lipinski definition) is 1. The van der Waals surface area contributed by atoms with Gasteiger partial charge in [-0.1, -0.05) is 55.0 Å².